The number of aromatic nitrogens is 1. The molecule has 1 aromatic carbocycles. The van der Waals surface area contributed by atoms with Gasteiger partial charge in [0.25, 0.3) is 11.8 Å². The van der Waals surface area contributed by atoms with Crippen LogP contribution in [0, 0.1) is 12.8 Å². The van der Waals surface area contributed by atoms with Gasteiger partial charge in [0, 0.05) is 49.8 Å². The predicted molar refractivity (Wildman–Crippen MR) is 119 cm³/mol. The number of piperidine rings is 1. The van der Waals surface area contributed by atoms with Gasteiger partial charge in [-0.1, -0.05) is 17.7 Å². The van der Waals surface area contributed by atoms with Crippen molar-refractivity contribution in [3.05, 3.63) is 65.5 Å². The fourth-order valence-electron chi connectivity index (χ4n) is 4.80. The quantitative estimate of drug-likeness (QED) is 0.801. The lowest BCUT2D eigenvalue weighted by Crippen LogP contribution is -2.51. The molecule has 6 heteroatoms. The summed E-state index contributed by atoms with van der Waals surface area (Å²) in [4.78, 5) is 31.0. The highest BCUT2D eigenvalue weighted by atomic mass is 16.5. The van der Waals surface area contributed by atoms with Crippen LogP contribution in [0.1, 0.15) is 58.4 Å². The number of carbonyl (C=O) groups is 2. The number of nitrogens with zero attached hydrogens (tertiary/aromatic N) is 2. The van der Waals surface area contributed by atoms with Gasteiger partial charge in [-0.3, -0.25) is 14.6 Å². The van der Waals surface area contributed by atoms with Crippen LogP contribution in [0.15, 0.2) is 48.8 Å². The highest BCUT2D eigenvalue weighted by molar-refractivity contribution is 5.94. The molecule has 6 nitrogen and oxygen atoms in total. The number of ether oxygens (including phenoxy) is 1. The Morgan fingerprint density at radius 2 is 1.94 bits per heavy atom. The first-order valence-electron chi connectivity index (χ1n) is 11.2. The zero-order valence-corrected chi connectivity index (χ0v) is 18.2. The Kier molecular flexibility index (Phi) is 6.66. The molecule has 1 N–H and O–H groups in total. The number of likely N-dealkylation sites (tertiary alicyclic amines) is 1. The molecule has 1 aromatic heterocycles. The van der Waals surface area contributed by atoms with Gasteiger partial charge in [-0.25, -0.2) is 0 Å². The van der Waals surface area contributed by atoms with E-state index in [0.717, 1.165) is 62.9 Å². The zero-order valence-electron chi connectivity index (χ0n) is 18.2. The lowest BCUT2D eigenvalue weighted by atomic mass is 9.78. The Labute approximate surface area is 184 Å². The second kappa shape index (κ2) is 9.60. The Bertz CT molecular complexity index is 907. The monoisotopic (exact) mass is 421 g/mol. The largest absolute Gasteiger partial charge is 0.375 e. The molecule has 2 amide bonds. The number of rotatable bonds is 5. The molecular formula is C25H31N3O3. The molecule has 3 heterocycles. The fourth-order valence-corrected chi connectivity index (χ4v) is 4.80. The van der Waals surface area contributed by atoms with Crippen molar-refractivity contribution >= 4 is 11.8 Å². The summed E-state index contributed by atoms with van der Waals surface area (Å²) in [7, 11) is 0. The number of benzene rings is 1. The maximum absolute atomic E-state index is 12.9. The lowest BCUT2D eigenvalue weighted by Gasteiger charge is -2.46. The molecule has 4 rings (SSSR count). The third kappa shape index (κ3) is 5.31. The summed E-state index contributed by atoms with van der Waals surface area (Å²) in [5.74, 6) is 0.599. The highest BCUT2D eigenvalue weighted by Gasteiger charge is 2.41. The number of pyridine rings is 1. The predicted octanol–water partition coefficient (Wildman–Crippen LogP) is 3.61. The molecule has 31 heavy (non-hydrogen) atoms. The number of hydrogen-bond acceptors (Lipinski definition) is 4. The second-order valence-electron chi connectivity index (χ2n) is 8.83. The fraction of sp³-hybridized carbons (Fsp3) is 0.480. The summed E-state index contributed by atoms with van der Waals surface area (Å²) in [5, 5.41) is 3.02. The molecule has 2 aliphatic heterocycles. The van der Waals surface area contributed by atoms with Crippen LogP contribution in [0.2, 0.25) is 0 Å². The van der Waals surface area contributed by atoms with E-state index in [1.165, 1.54) is 0 Å². The van der Waals surface area contributed by atoms with Crippen molar-refractivity contribution in [1.82, 2.24) is 15.2 Å². The van der Waals surface area contributed by atoms with Crippen molar-refractivity contribution in [2.45, 2.75) is 44.6 Å². The van der Waals surface area contributed by atoms with E-state index in [1.54, 1.807) is 24.5 Å². The van der Waals surface area contributed by atoms with Crippen LogP contribution in [0.5, 0.6) is 0 Å². The zero-order chi connectivity index (χ0) is 21.7. The van der Waals surface area contributed by atoms with Crippen molar-refractivity contribution in [2.75, 3.05) is 26.2 Å². The summed E-state index contributed by atoms with van der Waals surface area (Å²) in [6.45, 7) is 4.91. The minimum atomic E-state index is -0.124. The maximum Gasteiger partial charge on any atom is 0.253 e. The molecule has 2 aromatic rings. The summed E-state index contributed by atoms with van der Waals surface area (Å²) in [5.41, 5.74) is 2.39. The maximum atomic E-state index is 12.9. The van der Waals surface area contributed by atoms with Crippen LogP contribution >= 0.6 is 0 Å². The SMILES string of the molecule is Cc1cccc(C(=O)N2CCC3(CC2)CC(CCNC(=O)c2ccncc2)CCO3)c1. The molecule has 1 unspecified atom stereocenters. The third-order valence-electron chi connectivity index (χ3n) is 6.60. The van der Waals surface area contributed by atoms with Crippen LogP contribution in [-0.2, 0) is 4.74 Å². The molecular weight excluding hydrogens is 390 g/mol. The van der Waals surface area contributed by atoms with Crippen LogP contribution < -0.4 is 5.32 Å². The molecule has 164 valence electrons. The van der Waals surface area contributed by atoms with Gasteiger partial charge in [0.1, 0.15) is 0 Å². The Balaban J connectivity index is 1.26. The van der Waals surface area contributed by atoms with Crippen molar-refractivity contribution in [1.29, 1.82) is 0 Å². The lowest BCUT2D eigenvalue weighted by molar-refractivity contribution is -0.124. The van der Waals surface area contributed by atoms with E-state index >= 15 is 0 Å². The average Bonchev–Trinajstić information content (AvgIpc) is 2.80. The van der Waals surface area contributed by atoms with Gasteiger partial charge in [0.15, 0.2) is 0 Å². The molecule has 2 saturated heterocycles. The smallest absolute Gasteiger partial charge is 0.253 e. The summed E-state index contributed by atoms with van der Waals surface area (Å²) in [6.07, 6.45) is 8.01. The van der Waals surface area contributed by atoms with E-state index in [-0.39, 0.29) is 17.4 Å². The van der Waals surface area contributed by atoms with Crippen LogP contribution in [0.4, 0.5) is 0 Å². The van der Waals surface area contributed by atoms with Gasteiger partial charge in [-0.2, -0.15) is 0 Å². The van der Waals surface area contributed by atoms with E-state index in [1.807, 2.05) is 36.1 Å². The van der Waals surface area contributed by atoms with Gasteiger partial charge in [-0.05, 0) is 69.2 Å². The summed E-state index contributed by atoms with van der Waals surface area (Å²) in [6, 6.07) is 11.3. The molecule has 0 saturated carbocycles. The molecule has 0 radical (unpaired) electrons. The molecule has 0 aliphatic carbocycles. The molecule has 2 fully saturated rings. The first kappa shape index (κ1) is 21.5. The van der Waals surface area contributed by atoms with Crippen molar-refractivity contribution in [3.8, 4) is 0 Å². The first-order chi connectivity index (χ1) is 15.0. The first-order valence-corrected chi connectivity index (χ1v) is 11.2. The highest BCUT2D eigenvalue weighted by Crippen LogP contribution is 2.39. The number of amides is 2. The number of carbonyl (C=O) groups excluding carboxylic acids is 2. The summed E-state index contributed by atoms with van der Waals surface area (Å²) >= 11 is 0. The van der Waals surface area contributed by atoms with Gasteiger partial charge >= 0.3 is 0 Å². The molecule has 2 aliphatic rings. The van der Waals surface area contributed by atoms with E-state index in [9.17, 15) is 9.59 Å². The van der Waals surface area contributed by atoms with Gasteiger partial charge in [-0.15, -0.1) is 0 Å². The standard InChI is InChI=1S/C25H31N3O3/c1-19-3-2-4-22(17-19)24(30)28-14-9-25(10-15-28)18-20(8-16-31-25)5-13-27-23(29)21-6-11-26-12-7-21/h2-4,6-7,11-12,17,20H,5,8-10,13-16,18H2,1H3,(H,27,29). The minimum Gasteiger partial charge on any atom is -0.375 e. The van der Waals surface area contributed by atoms with E-state index in [0.29, 0.717) is 18.0 Å². The molecule has 0 bridgehead atoms. The van der Waals surface area contributed by atoms with Gasteiger partial charge in [0.05, 0.1) is 5.60 Å². The van der Waals surface area contributed by atoms with E-state index < -0.39 is 0 Å². The molecule has 1 atom stereocenters. The van der Waals surface area contributed by atoms with Gasteiger partial charge in [0.2, 0.25) is 0 Å². The average molecular weight is 422 g/mol. The molecule has 1 spiro atoms. The van der Waals surface area contributed by atoms with Crippen LogP contribution in [-0.4, -0.2) is 53.5 Å². The number of aryl methyl sites for hydroxylation is 1. The van der Waals surface area contributed by atoms with Crippen molar-refractivity contribution < 1.29 is 14.3 Å². The number of nitrogens with one attached hydrogen (secondary N) is 1. The van der Waals surface area contributed by atoms with Crippen molar-refractivity contribution in [3.63, 3.8) is 0 Å². The topological polar surface area (TPSA) is 71.5 Å². The Morgan fingerprint density at radius 1 is 1.16 bits per heavy atom. The second-order valence-corrected chi connectivity index (χ2v) is 8.83. The normalized spacial score (nSPS) is 20.4. The third-order valence-corrected chi connectivity index (χ3v) is 6.60. The van der Waals surface area contributed by atoms with Crippen LogP contribution in [0.3, 0.4) is 0 Å². The van der Waals surface area contributed by atoms with E-state index in [2.05, 4.69) is 10.3 Å². The van der Waals surface area contributed by atoms with Gasteiger partial charge < -0.3 is 15.0 Å². The van der Waals surface area contributed by atoms with E-state index in [4.69, 9.17) is 4.74 Å². The van der Waals surface area contributed by atoms with Crippen LogP contribution in [0.25, 0.3) is 0 Å². The number of hydrogen-bond donors (Lipinski definition) is 1. The Hall–Kier alpha value is -2.73. The minimum absolute atomic E-state index is 0.0489. The summed E-state index contributed by atoms with van der Waals surface area (Å²) < 4.78 is 6.25. The Morgan fingerprint density at radius 3 is 2.68 bits per heavy atom. The van der Waals surface area contributed by atoms with Crippen molar-refractivity contribution in [2.24, 2.45) is 5.92 Å².